The van der Waals surface area contributed by atoms with Crippen LogP contribution in [-0.4, -0.2) is 27.2 Å². The van der Waals surface area contributed by atoms with Crippen LogP contribution in [0.3, 0.4) is 0 Å². The number of hydrogen-bond acceptors (Lipinski definition) is 4. The molecule has 2 rings (SSSR count). The van der Waals surface area contributed by atoms with Crippen LogP contribution in [0.1, 0.15) is 17.3 Å². The van der Waals surface area contributed by atoms with Gasteiger partial charge in [-0.05, 0) is 37.3 Å². The number of sulfonamides is 1. The van der Waals surface area contributed by atoms with Crippen molar-refractivity contribution in [3.8, 4) is 5.75 Å². The van der Waals surface area contributed by atoms with Gasteiger partial charge in [0, 0.05) is 17.4 Å². The van der Waals surface area contributed by atoms with Gasteiger partial charge < -0.3 is 10.1 Å². The van der Waals surface area contributed by atoms with Crippen LogP contribution in [0.4, 0.5) is 11.4 Å². The van der Waals surface area contributed by atoms with E-state index in [9.17, 15) is 13.2 Å². The molecule has 0 atom stereocenters. The molecule has 0 aromatic heterocycles. The standard InChI is InChI=1S/C16H17ClN2O4S/c1-3-23-13-6-4-5-11(9-13)18-16(20)14-8-7-12(10-15(14)17)19-24(2,21)22/h4-10,19H,3H2,1-2H3,(H,18,20). The third-order valence-corrected chi connectivity index (χ3v) is 3.84. The minimum Gasteiger partial charge on any atom is -0.494 e. The molecule has 24 heavy (non-hydrogen) atoms. The predicted molar refractivity (Wildman–Crippen MR) is 95.5 cm³/mol. The van der Waals surface area contributed by atoms with Gasteiger partial charge in [-0.25, -0.2) is 8.42 Å². The molecular formula is C16H17ClN2O4S. The Morgan fingerprint density at radius 1 is 1.17 bits per heavy atom. The zero-order chi connectivity index (χ0) is 17.7. The smallest absolute Gasteiger partial charge is 0.257 e. The first kappa shape index (κ1) is 18.1. The monoisotopic (exact) mass is 368 g/mol. The molecule has 2 aromatic carbocycles. The Morgan fingerprint density at radius 2 is 1.92 bits per heavy atom. The van der Waals surface area contributed by atoms with E-state index in [-0.39, 0.29) is 16.3 Å². The molecule has 0 unspecified atom stereocenters. The minimum absolute atomic E-state index is 0.141. The van der Waals surface area contributed by atoms with Gasteiger partial charge in [0.2, 0.25) is 10.0 Å². The summed E-state index contributed by atoms with van der Waals surface area (Å²) < 4.78 is 30.1. The molecule has 0 aliphatic rings. The quantitative estimate of drug-likeness (QED) is 0.818. The third-order valence-electron chi connectivity index (χ3n) is 2.92. The summed E-state index contributed by atoms with van der Waals surface area (Å²) in [5.74, 6) is 0.244. The average Bonchev–Trinajstić information content (AvgIpc) is 2.46. The Morgan fingerprint density at radius 3 is 2.54 bits per heavy atom. The van der Waals surface area contributed by atoms with Crippen molar-refractivity contribution in [2.45, 2.75) is 6.92 Å². The van der Waals surface area contributed by atoms with E-state index in [1.165, 1.54) is 18.2 Å². The van der Waals surface area contributed by atoms with E-state index in [4.69, 9.17) is 16.3 Å². The molecule has 2 aromatic rings. The second-order valence-electron chi connectivity index (χ2n) is 4.98. The van der Waals surface area contributed by atoms with E-state index in [0.29, 0.717) is 18.0 Å². The number of hydrogen-bond donors (Lipinski definition) is 2. The van der Waals surface area contributed by atoms with Gasteiger partial charge in [0.25, 0.3) is 5.91 Å². The molecule has 0 bridgehead atoms. The Kier molecular flexibility index (Phi) is 5.69. The van der Waals surface area contributed by atoms with Crippen molar-refractivity contribution in [3.63, 3.8) is 0 Å². The SMILES string of the molecule is CCOc1cccc(NC(=O)c2ccc(NS(C)(=O)=O)cc2Cl)c1. The van der Waals surface area contributed by atoms with Gasteiger partial charge in [0.15, 0.2) is 0 Å². The lowest BCUT2D eigenvalue weighted by Gasteiger charge is -2.10. The molecule has 0 aliphatic heterocycles. The van der Waals surface area contributed by atoms with Crippen molar-refractivity contribution >= 4 is 38.9 Å². The summed E-state index contributed by atoms with van der Waals surface area (Å²) in [7, 11) is -3.41. The first-order valence-corrected chi connectivity index (χ1v) is 9.37. The Balaban J connectivity index is 2.16. The number of rotatable bonds is 6. The Bertz CT molecular complexity index is 853. The van der Waals surface area contributed by atoms with Crippen molar-refractivity contribution in [2.24, 2.45) is 0 Å². The normalized spacial score (nSPS) is 11.0. The maximum absolute atomic E-state index is 12.3. The van der Waals surface area contributed by atoms with Crippen LogP contribution >= 0.6 is 11.6 Å². The van der Waals surface area contributed by atoms with Crippen LogP contribution in [0.15, 0.2) is 42.5 Å². The highest BCUT2D eigenvalue weighted by molar-refractivity contribution is 7.92. The fraction of sp³-hybridized carbons (Fsp3) is 0.188. The summed E-state index contributed by atoms with van der Waals surface area (Å²) in [4.78, 5) is 12.3. The molecule has 128 valence electrons. The van der Waals surface area contributed by atoms with Crippen LogP contribution in [-0.2, 0) is 10.0 Å². The molecule has 8 heteroatoms. The van der Waals surface area contributed by atoms with E-state index in [1.807, 2.05) is 6.92 Å². The predicted octanol–water partition coefficient (Wildman–Crippen LogP) is 3.36. The lowest BCUT2D eigenvalue weighted by Crippen LogP contribution is -2.13. The van der Waals surface area contributed by atoms with Crippen molar-refractivity contribution in [2.75, 3.05) is 22.9 Å². The summed E-state index contributed by atoms with van der Waals surface area (Å²) in [6, 6.07) is 11.3. The van der Waals surface area contributed by atoms with Gasteiger partial charge in [-0.1, -0.05) is 17.7 Å². The van der Waals surface area contributed by atoms with Gasteiger partial charge >= 0.3 is 0 Å². The lowest BCUT2D eigenvalue weighted by atomic mass is 10.2. The first-order valence-electron chi connectivity index (χ1n) is 7.10. The van der Waals surface area contributed by atoms with E-state index in [0.717, 1.165) is 6.26 Å². The van der Waals surface area contributed by atoms with Crippen molar-refractivity contribution in [3.05, 3.63) is 53.1 Å². The number of benzene rings is 2. The van der Waals surface area contributed by atoms with Gasteiger partial charge in [0.1, 0.15) is 5.75 Å². The van der Waals surface area contributed by atoms with Crippen molar-refractivity contribution in [1.29, 1.82) is 0 Å². The average molecular weight is 369 g/mol. The van der Waals surface area contributed by atoms with E-state index in [2.05, 4.69) is 10.0 Å². The highest BCUT2D eigenvalue weighted by atomic mass is 35.5. The topological polar surface area (TPSA) is 84.5 Å². The van der Waals surface area contributed by atoms with Gasteiger partial charge in [-0.15, -0.1) is 0 Å². The first-order chi connectivity index (χ1) is 11.3. The number of amides is 1. The summed E-state index contributed by atoms with van der Waals surface area (Å²) >= 11 is 6.08. The van der Waals surface area contributed by atoms with E-state index >= 15 is 0 Å². The Labute approximate surface area is 145 Å². The maximum Gasteiger partial charge on any atom is 0.257 e. The fourth-order valence-electron chi connectivity index (χ4n) is 2.01. The number of halogens is 1. The zero-order valence-electron chi connectivity index (χ0n) is 13.2. The number of nitrogens with one attached hydrogen (secondary N) is 2. The Hall–Kier alpha value is -2.25. The number of ether oxygens (including phenoxy) is 1. The molecule has 0 fully saturated rings. The highest BCUT2D eigenvalue weighted by Crippen LogP contribution is 2.24. The highest BCUT2D eigenvalue weighted by Gasteiger charge is 2.13. The second kappa shape index (κ2) is 7.55. The number of anilines is 2. The van der Waals surface area contributed by atoms with E-state index < -0.39 is 15.9 Å². The van der Waals surface area contributed by atoms with Gasteiger partial charge in [-0.2, -0.15) is 0 Å². The fourth-order valence-corrected chi connectivity index (χ4v) is 2.83. The maximum atomic E-state index is 12.3. The third kappa shape index (κ3) is 5.14. The van der Waals surface area contributed by atoms with Crippen LogP contribution in [0.25, 0.3) is 0 Å². The van der Waals surface area contributed by atoms with Crippen LogP contribution in [0.2, 0.25) is 5.02 Å². The number of carbonyl (C=O) groups excluding carboxylic acids is 1. The van der Waals surface area contributed by atoms with Crippen molar-refractivity contribution < 1.29 is 17.9 Å². The molecule has 0 radical (unpaired) electrons. The molecule has 0 saturated heterocycles. The molecule has 2 N–H and O–H groups in total. The second-order valence-corrected chi connectivity index (χ2v) is 7.14. The molecule has 0 saturated carbocycles. The molecule has 6 nitrogen and oxygen atoms in total. The van der Waals surface area contributed by atoms with Crippen molar-refractivity contribution in [1.82, 2.24) is 0 Å². The van der Waals surface area contributed by atoms with Gasteiger partial charge in [0.05, 0.1) is 23.4 Å². The minimum atomic E-state index is -3.41. The largest absolute Gasteiger partial charge is 0.494 e. The number of carbonyl (C=O) groups is 1. The summed E-state index contributed by atoms with van der Waals surface area (Å²) in [6.07, 6.45) is 1.03. The van der Waals surface area contributed by atoms with Crippen LogP contribution in [0.5, 0.6) is 5.75 Å². The molecule has 1 amide bonds. The van der Waals surface area contributed by atoms with E-state index in [1.54, 1.807) is 24.3 Å². The summed E-state index contributed by atoms with van der Waals surface area (Å²) in [6.45, 7) is 2.40. The van der Waals surface area contributed by atoms with Crippen LogP contribution in [0, 0.1) is 0 Å². The zero-order valence-corrected chi connectivity index (χ0v) is 14.7. The summed E-state index contributed by atoms with van der Waals surface area (Å²) in [5.41, 5.74) is 1.09. The molecular weight excluding hydrogens is 352 g/mol. The summed E-state index contributed by atoms with van der Waals surface area (Å²) in [5, 5.41) is 2.86. The van der Waals surface area contributed by atoms with Gasteiger partial charge in [-0.3, -0.25) is 9.52 Å². The molecule has 0 aliphatic carbocycles. The lowest BCUT2D eigenvalue weighted by molar-refractivity contribution is 0.102. The molecule has 0 spiro atoms. The molecule has 0 heterocycles. The van der Waals surface area contributed by atoms with Crippen LogP contribution < -0.4 is 14.8 Å².